The van der Waals surface area contributed by atoms with E-state index in [1.54, 1.807) is 31.4 Å². The Hall–Kier alpha value is -2.00. The molecule has 0 amide bonds. The van der Waals surface area contributed by atoms with Gasteiger partial charge in [-0.25, -0.2) is 4.98 Å². The van der Waals surface area contributed by atoms with Crippen LogP contribution in [0.3, 0.4) is 0 Å². The fourth-order valence-corrected chi connectivity index (χ4v) is 1.47. The van der Waals surface area contributed by atoms with Crippen molar-refractivity contribution in [3.8, 4) is 6.19 Å². The van der Waals surface area contributed by atoms with Gasteiger partial charge in [-0.2, -0.15) is 19.0 Å². The summed E-state index contributed by atoms with van der Waals surface area (Å²) < 4.78 is 24.3. The highest BCUT2D eigenvalue weighted by atomic mass is 35.5. The summed E-state index contributed by atoms with van der Waals surface area (Å²) in [6.45, 7) is 1.85. The first-order valence-corrected chi connectivity index (χ1v) is 5.70. The van der Waals surface area contributed by atoms with Gasteiger partial charge < -0.3 is 4.90 Å². The summed E-state index contributed by atoms with van der Waals surface area (Å²) in [7, 11) is 0. The molecule has 0 spiro atoms. The molecule has 100 valence electrons. The van der Waals surface area contributed by atoms with Gasteiger partial charge >= 0.3 is 0 Å². The average Bonchev–Trinajstić information content (AvgIpc) is 2.36. The van der Waals surface area contributed by atoms with Crippen LogP contribution in [0.1, 0.15) is 12.5 Å². The number of hydrogen-bond donors (Lipinski definition) is 0. The van der Waals surface area contributed by atoms with Crippen LogP contribution in [0.5, 0.6) is 0 Å². The van der Waals surface area contributed by atoms with E-state index in [1.807, 2.05) is 0 Å². The molecule has 0 unspecified atom stereocenters. The third-order valence-electron chi connectivity index (χ3n) is 2.30. The van der Waals surface area contributed by atoms with Crippen LogP contribution in [0.25, 0.3) is 0 Å². The van der Waals surface area contributed by atoms with E-state index in [0.717, 1.165) is 11.6 Å². The molecule has 0 saturated heterocycles. The van der Waals surface area contributed by atoms with Gasteiger partial charge in [0.1, 0.15) is 11.0 Å². The van der Waals surface area contributed by atoms with Gasteiger partial charge in [0.05, 0.1) is 0 Å². The molecule has 0 radical (unpaired) electrons. The van der Waals surface area contributed by atoms with Gasteiger partial charge in [0.2, 0.25) is 6.19 Å². The molecule has 1 aromatic heterocycles. The summed E-state index contributed by atoms with van der Waals surface area (Å²) in [5.74, 6) is 0.356. The molecule has 0 aromatic carbocycles. The van der Waals surface area contributed by atoms with Crippen molar-refractivity contribution in [1.29, 1.82) is 5.26 Å². The van der Waals surface area contributed by atoms with Gasteiger partial charge in [-0.05, 0) is 18.6 Å². The quantitative estimate of drug-likeness (QED) is 0.369. The zero-order valence-electron chi connectivity index (χ0n) is 10.1. The Morgan fingerprint density at radius 1 is 1.58 bits per heavy atom. The highest BCUT2D eigenvalue weighted by Gasteiger charge is 2.08. The molecule has 0 aliphatic carbocycles. The van der Waals surface area contributed by atoms with E-state index in [4.69, 9.17) is 16.9 Å². The van der Waals surface area contributed by atoms with Gasteiger partial charge in [-0.15, -0.1) is 0 Å². The highest BCUT2D eigenvalue weighted by molar-refractivity contribution is 6.29. The maximum absolute atomic E-state index is 12.1. The third-order valence-corrected chi connectivity index (χ3v) is 2.52. The fraction of sp³-hybridized carbons (Fsp3) is 0.250. The van der Waals surface area contributed by atoms with Crippen molar-refractivity contribution in [2.45, 2.75) is 13.5 Å². The van der Waals surface area contributed by atoms with Crippen LogP contribution < -0.4 is 0 Å². The molecule has 1 heterocycles. The monoisotopic (exact) mass is 284 g/mol. The van der Waals surface area contributed by atoms with Crippen molar-refractivity contribution in [3.05, 3.63) is 41.2 Å². The first kappa shape index (κ1) is 15.1. The van der Waals surface area contributed by atoms with Gasteiger partial charge in [0.15, 0.2) is 0 Å². The van der Waals surface area contributed by atoms with E-state index >= 15 is 0 Å². The number of nitrogens with zero attached hydrogens (tertiary/aromatic N) is 4. The fourth-order valence-electron chi connectivity index (χ4n) is 1.35. The van der Waals surface area contributed by atoms with Crippen LogP contribution in [-0.4, -0.2) is 22.3 Å². The average molecular weight is 285 g/mol. The second kappa shape index (κ2) is 7.44. The van der Waals surface area contributed by atoms with Crippen LogP contribution in [0.4, 0.5) is 8.78 Å². The van der Waals surface area contributed by atoms with Crippen LogP contribution >= 0.6 is 11.6 Å². The second-order valence-electron chi connectivity index (χ2n) is 3.62. The zero-order valence-corrected chi connectivity index (χ0v) is 10.9. The van der Waals surface area contributed by atoms with Crippen molar-refractivity contribution in [3.63, 3.8) is 0 Å². The van der Waals surface area contributed by atoms with E-state index in [-0.39, 0.29) is 6.54 Å². The molecule has 0 bridgehead atoms. The molecule has 19 heavy (non-hydrogen) atoms. The number of pyridine rings is 1. The van der Waals surface area contributed by atoms with Crippen molar-refractivity contribution in [1.82, 2.24) is 9.88 Å². The Kier molecular flexibility index (Phi) is 5.90. The summed E-state index contributed by atoms with van der Waals surface area (Å²) >= 11 is 5.66. The van der Waals surface area contributed by atoms with E-state index in [0.29, 0.717) is 17.5 Å². The Labute approximate surface area is 114 Å². The molecule has 0 aliphatic heterocycles. The van der Waals surface area contributed by atoms with Crippen molar-refractivity contribution < 1.29 is 8.78 Å². The first-order chi connectivity index (χ1) is 9.02. The Morgan fingerprint density at radius 2 is 2.32 bits per heavy atom. The zero-order chi connectivity index (χ0) is 14.3. The van der Waals surface area contributed by atoms with Gasteiger partial charge in [-0.3, -0.25) is 0 Å². The van der Waals surface area contributed by atoms with E-state index in [2.05, 4.69) is 9.98 Å². The van der Waals surface area contributed by atoms with E-state index < -0.39 is 6.08 Å². The van der Waals surface area contributed by atoms with Crippen molar-refractivity contribution in [2.24, 2.45) is 4.99 Å². The van der Waals surface area contributed by atoms with Crippen LogP contribution in [-0.2, 0) is 6.54 Å². The lowest BCUT2D eigenvalue weighted by Crippen LogP contribution is -2.28. The molecule has 0 N–H and O–H groups in total. The molecule has 1 aromatic rings. The Bertz CT molecular complexity index is 516. The first-order valence-electron chi connectivity index (χ1n) is 5.33. The maximum atomic E-state index is 12.1. The SMILES string of the molecule is CC(=NC#N)N(CC=C(F)F)Cc1ccc(Cl)nc1. The van der Waals surface area contributed by atoms with Gasteiger partial charge in [-0.1, -0.05) is 17.7 Å². The number of nitriles is 1. The van der Waals surface area contributed by atoms with E-state index in [1.165, 1.54) is 4.90 Å². The lowest BCUT2D eigenvalue weighted by atomic mass is 10.2. The molecular weight excluding hydrogens is 274 g/mol. The second-order valence-corrected chi connectivity index (χ2v) is 4.01. The standard InChI is InChI=1S/C12H11ClF2N4/c1-9(18-8-16)19(5-4-12(14)15)7-10-2-3-11(13)17-6-10/h2-4,6H,5,7H2,1H3. The molecule has 0 atom stereocenters. The Morgan fingerprint density at radius 3 is 2.84 bits per heavy atom. The minimum atomic E-state index is -1.77. The topological polar surface area (TPSA) is 52.3 Å². The molecule has 0 fully saturated rings. The van der Waals surface area contributed by atoms with E-state index in [9.17, 15) is 8.78 Å². The van der Waals surface area contributed by atoms with Crippen LogP contribution in [0.15, 0.2) is 35.5 Å². The number of rotatable bonds is 4. The third kappa shape index (κ3) is 5.44. The smallest absolute Gasteiger partial charge is 0.268 e. The number of halogens is 3. The molecule has 1 rings (SSSR count). The lowest BCUT2D eigenvalue weighted by Gasteiger charge is -2.21. The molecule has 0 saturated carbocycles. The maximum Gasteiger partial charge on any atom is 0.268 e. The van der Waals surface area contributed by atoms with Crippen molar-refractivity contribution in [2.75, 3.05) is 6.54 Å². The van der Waals surface area contributed by atoms with Crippen LogP contribution in [0, 0.1) is 11.5 Å². The van der Waals surface area contributed by atoms with Crippen LogP contribution in [0.2, 0.25) is 5.15 Å². The molecule has 7 heteroatoms. The summed E-state index contributed by atoms with van der Waals surface area (Å²) in [5.41, 5.74) is 0.782. The Balaban J connectivity index is 2.85. The van der Waals surface area contributed by atoms with Gasteiger partial charge in [0, 0.05) is 25.4 Å². The number of aromatic nitrogens is 1. The predicted octanol–water partition coefficient (Wildman–Crippen LogP) is 3.22. The molecule has 0 aliphatic rings. The largest absolute Gasteiger partial charge is 0.351 e. The normalized spacial score (nSPS) is 10.8. The number of aliphatic imine (C=N–C) groups is 1. The lowest BCUT2D eigenvalue weighted by molar-refractivity contribution is 0.398. The summed E-state index contributed by atoms with van der Waals surface area (Å²) in [6, 6.07) is 3.34. The summed E-state index contributed by atoms with van der Waals surface area (Å²) in [6.07, 6.45) is 2.17. The molecular formula is C12H11ClF2N4. The van der Waals surface area contributed by atoms with Gasteiger partial charge in [0.25, 0.3) is 6.08 Å². The number of hydrogen-bond acceptors (Lipinski definition) is 3. The minimum Gasteiger partial charge on any atom is -0.351 e. The summed E-state index contributed by atoms with van der Waals surface area (Å²) in [4.78, 5) is 8.98. The predicted molar refractivity (Wildman–Crippen MR) is 68.7 cm³/mol. The van der Waals surface area contributed by atoms with Crippen molar-refractivity contribution >= 4 is 17.4 Å². The minimum absolute atomic E-state index is 0.0397. The summed E-state index contributed by atoms with van der Waals surface area (Å²) in [5, 5.41) is 8.86. The number of amidine groups is 1. The molecule has 4 nitrogen and oxygen atoms in total. The highest BCUT2D eigenvalue weighted by Crippen LogP contribution is 2.09.